The Bertz CT molecular complexity index is 648. The van der Waals surface area contributed by atoms with Crippen LogP contribution in [-0.4, -0.2) is 51.2 Å². The fourth-order valence-corrected chi connectivity index (χ4v) is 4.92. The summed E-state index contributed by atoms with van der Waals surface area (Å²) in [5, 5.41) is 13.1. The van der Waals surface area contributed by atoms with Crippen LogP contribution >= 0.6 is 11.3 Å². The van der Waals surface area contributed by atoms with E-state index in [0.717, 1.165) is 51.3 Å². The SMILES string of the molecule is O[C@H]1CN(Cc2cscn2)CC[C@@]12CCCN2Cc1ccccc1. The Labute approximate surface area is 147 Å². The van der Waals surface area contributed by atoms with Crippen LogP contribution in [0.2, 0.25) is 0 Å². The highest BCUT2D eigenvalue weighted by molar-refractivity contribution is 7.07. The van der Waals surface area contributed by atoms with Gasteiger partial charge in [-0.05, 0) is 31.4 Å². The van der Waals surface area contributed by atoms with Gasteiger partial charge in [0.2, 0.25) is 0 Å². The minimum Gasteiger partial charge on any atom is -0.390 e. The first-order chi connectivity index (χ1) is 11.8. The third-order valence-electron chi connectivity index (χ3n) is 5.67. The molecular weight excluding hydrogens is 318 g/mol. The van der Waals surface area contributed by atoms with Gasteiger partial charge in [0.05, 0.1) is 17.3 Å². The number of aliphatic hydroxyl groups is 1. The van der Waals surface area contributed by atoms with E-state index in [1.165, 1.54) is 12.0 Å². The Morgan fingerprint density at radius 1 is 1.17 bits per heavy atom. The predicted octanol–water partition coefficient (Wildman–Crippen LogP) is 2.74. The van der Waals surface area contributed by atoms with Crippen LogP contribution in [-0.2, 0) is 13.1 Å². The van der Waals surface area contributed by atoms with E-state index >= 15 is 0 Å². The van der Waals surface area contributed by atoms with Gasteiger partial charge in [-0.1, -0.05) is 30.3 Å². The van der Waals surface area contributed by atoms with E-state index in [1.807, 2.05) is 5.51 Å². The minimum absolute atomic E-state index is 0.0333. The molecule has 0 bridgehead atoms. The van der Waals surface area contributed by atoms with Crippen molar-refractivity contribution < 1.29 is 5.11 Å². The van der Waals surface area contributed by atoms with Crippen LogP contribution in [0.25, 0.3) is 0 Å². The molecule has 1 aromatic carbocycles. The molecule has 1 aromatic heterocycles. The number of hydrogen-bond acceptors (Lipinski definition) is 5. The second kappa shape index (κ2) is 6.92. The summed E-state index contributed by atoms with van der Waals surface area (Å²) in [5.41, 5.74) is 4.32. The number of hydrogen-bond donors (Lipinski definition) is 1. The van der Waals surface area contributed by atoms with Crippen LogP contribution in [0.15, 0.2) is 41.2 Å². The number of nitrogens with zero attached hydrogens (tertiary/aromatic N) is 3. The number of piperidine rings is 1. The summed E-state index contributed by atoms with van der Waals surface area (Å²) in [4.78, 5) is 9.27. The molecule has 0 aliphatic carbocycles. The maximum Gasteiger partial charge on any atom is 0.0851 e. The number of aromatic nitrogens is 1. The van der Waals surface area contributed by atoms with Crippen LogP contribution in [0, 0.1) is 0 Å². The zero-order valence-corrected chi connectivity index (χ0v) is 14.8. The molecule has 2 aliphatic heterocycles. The summed E-state index contributed by atoms with van der Waals surface area (Å²) >= 11 is 1.64. The number of thiazole rings is 1. The van der Waals surface area contributed by atoms with Gasteiger partial charge in [-0.25, -0.2) is 4.98 Å². The molecule has 2 aliphatic rings. The van der Waals surface area contributed by atoms with Crippen molar-refractivity contribution in [3.63, 3.8) is 0 Å². The van der Waals surface area contributed by atoms with Crippen molar-refractivity contribution in [1.29, 1.82) is 0 Å². The first-order valence-electron chi connectivity index (χ1n) is 8.83. The Balaban J connectivity index is 1.44. The van der Waals surface area contributed by atoms with E-state index in [1.54, 1.807) is 11.3 Å². The first-order valence-corrected chi connectivity index (χ1v) is 9.77. The van der Waals surface area contributed by atoms with Crippen molar-refractivity contribution in [2.45, 2.75) is 44.0 Å². The van der Waals surface area contributed by atoms with Crippen LogP contribution in [0.3, 0.4) is 0 Å². The topological polar surface area (TPSA) is 39.6 Å². The van der Waals surface area contributed by atoms with Gasteiger partial charge in [0.15, 0.2) is 0 Å². The lowest BCUT2D eigenvalue weighted by molar-refractivity contribution is -0.0685. The second-order valence-electron chi connectivity index (χ2n) is 7.09. The molecule has 4 nitrogen and oxygen atoms in total. The summed E-state index contributed by atoms with van der Waals surface area (Å²) in [6.07, 6.45) is 3.07. The van der Waals surface area contributed by atoms with Gasteiger partial charge >= 0.3 is 0 Å². The monoisotopic (exact) mass is 343 g/mol. The summed E-state index contributed by atoms with van der Waals surface area (Å²) in [6.45, 7) is 4.69. The average molecular weight is 343 g/mol. The maximum absolute atomic E-state index is 11.0. The third-order valence-corrected chi connectivity index (χ3v) is 6.30. The molecule has 2 fully saturated rings. The van der Waals surface area contributed by atoms with Crippen molar-refractivity contribution >= 4 is 11.3 Å². The Morgan fingerprint density at radius 3 is 2.79 bits per heavy atom. The third kappa shape index (κ3) is 3.14. The van der Waals surface area contributed by atoms with Crippen LogP contribution in [0.5, 0.6) is 0 Å². The van der Waals surface area contributed by atoms with Gasteiger partial charge < -0.3 is 5.11 Å². The average Bonchev–Trinajstić information content (AvgIpc) is 3.23. The van der Waals surface area contributed by atoms with E-state index < -0.39 is 0 Å². The summed E-state index contributed by atoms with van der Waals surface area (Å²) in [5.74, 6) is 0. The quantitative estimate of drug-likeness (QED) is 0.927. The van der Waals surface area contributed by atoms with Gasteiger partial charge in [-0.15, -0.1) is 11.3 Å². The second-order valence-corrected chi connectivity index (χ2v) is 7.81. The first kappa shape index (κ1) is 16.2. The van der Waals surface area contributed by atoms with Gasteiger partial charge in [-0.3, -0.25) is 9.80 Å². The molecule has 0 amide bonds. The van der Waals surface area contributed by atoms with Gasteiger partial charge in [-0.2, -0.15) is 0 Å². The van der Waals surface area contributed by atoms with Crippen molar-refractivity contribution in [2.24, 2.45) is 0 Å². The summed E-state index contributed by atoms with van der Waals surface area (Å²) in [6, 6.07) is 10.6. The van der Waals surface area contributed by atoms with E-state index in [2.05, 4.69) is 50.5 Å². The highest BCUT2D eigenvalue weighted by Gasteiger charge is 2.48. The van der Waals surface area contributed by atoms with Gasteiger partial charge in [0, 0.05) is 37.1 Å². The number of aliphatic hydroxyl groups excluding tert-OH is 1. The highest BCUT2D eigenvalue weighted by Crippen LogP contribution is 2.39. The molecule has 24 heavy (non-hydrogen) atoms. The van der Waals surface area contributed by atoms with Gasteiger partial charge in [0.1, 0.15) is 0 Å². The molecule has 4 rings (SSSR count). The molecule has 3 heterocycles. The molecule has 2 aromatic rings. The largest absolute Gasteiger partial charge is 0.390 e. The van der Waals surface area contributed by atoms with Crippen LogP contribution in [0.4, 0.5) is 0 Å². The van der Waals surface area contributed by atoms with E-state index in [9.17, 15) is 5.11 Å². The van der Waals surface area contributed by atoms with Crippen molar-refractivity contribution in [1.82, 2.24) is 14.8 Å². The summed E-state index contributed by atoms with van der Waals surface area (Å²) < 4.78 is 0. The highest BCUT2D eigenvalue weighted by atomic mass is 32.1. The fourth-order valence-electron chi connectivity index (χ4n) is 4.37. The Morgan fingerprint density at radius 2 is 2.04 bits per heavy atom. The lowest BCUT2D eigenvalue weighted by Gasteiger charge is -2.48. The molecular formula is C19H25N3OS. The zero-order chi connectivity index (χ0) is 16.4. The molecule has 1 spiro atoms. The minimum atomic E-state index is -0.281. The van der Waals surface area contributed by atoms with Crippen molar-refractivity contribution in [3.05, 3.63) is 52.5 Å². The number of likely N-dealkylation sites (tertiary alicyclic amines) is 2. The van der Waals surface area contributed by atoms with Crippen LogP contribution < -0.4 is 0 Å². The zero-order valence-electron chi connectivity index (χ0n) is 14.0. The lowest BCUT2D eigenvalue weighted by Crippen LogP contribution is -2.61. The molecule has 2 saturated heterocycles. The standard InChI is InChI=1S/C19H25N3OS/c23-18-13-21(12-17-14-24-15-20-17)10-8-19(18)7-4-9-22(19)11-16-5-2-1-3-6-16/h1-3,5-6,14-15,18,23H,4,7-13H2/t18-,19-/m0/s1. The summed E-state index contributed by atoms with van der Waals surface area (Å²) in [7, 11) is 0. The molecule has 128 valence electrons. The van der Waals surface area contributed by atoms with E-state index in [-0.39, 0.29) is 11.6 Å². The predicted molar refractivity (Wildman–Crippen MR) is 96.8 cm³/mol. The molecule has 0 saturated carbocycles. The molecule has 5 heteroatoms. The maximum atomic E-state index is 11.0. The Kier molecular flexibility index (Phi) is 4.68. The molecule has 0 unspecified atom stereocenters. The molecule has 0 radical (unpaired) electrons. The molecule has 2 atom stereocenters. The lowest BCUT2D eigenvalue weighted by atomic mass is 9.82. The molecule has 1 N–H and O–H groups in total. The van der Waals surface area contributed by atoms with E-state index in [0.29, 0.717) is 0 Å². The fraction of sp³-hybridized carbons (Fsp3) is 0.526. The van der Waals surface area contributed by atoms with Crippen molar-refractivity contribution in [2.75, 3.05) is 19.6 Å². The van der Waals surface area contributed by atoms with Crippen molar-refractivity contribution in [3.8, 4) is 0 Å². The number of β-amino-alcohol motifs (C(OH)–C–C–N with tert-alkyl or cyclic N) is 1. The number of rotatable bonds is 4. The normalized spacial score (nSPS) is 28.6. The van der Waals surface area contributed by atoms with E-state index in [4.69, 9.17) is 0 Å². The van der Waals surface area contributed by atoms with Crippen LogP contribution in [0.1, 0.15) is 30.5 Å². The van der Waals surface area contributed by atoms with Gasteiger partial charge in [0.25, 0.3) is 0 Å². The smallest absolute Gasteiger partial charge is 0.0851 e. The number of benzene rings is 1. The Hall–Kier alpha value is -1.27.